The van der Waals surface area contributed by atoms with Gasteiger partial charge in [0.05, 0.1) is 17.8 Å². The first kappa shape index (κ1) is 15.0. The molecule has 1 aromatic heterocycles. The van der Waals surface area contributed by atoms with Crippen LogP contribution in [0.1, 0.15) is 61.8 Å². The van der Waals surface area contributed by atoms with E-state index < -0.39 is 5.54 Å². The van der Waals surface area contributed by atoms with Crippen LogP contribution < -0.4 is 5.32 Å². The number of amides is 1. The Balaban J connectivity index is 2.91. The summed E-state index contributed by atoms with van der Waals surface area (Å²) < 4.78 is 3.84. The Morgan fingerprint density at radius 1 is 1.44 bits per heavy atom. The van der Waals surface area contributed by atoms with E-state index in [1.165, 1.54) is 0 Å². The number of aliphatic hydroxyl groups excluding tert-OH is 1. The molecule has 102 valence electrons. The van der Waals surface area contributed by atoms with Gasteiger partial charge in [0.1, 0.15) is 4.88 Å². The quantitative estimate of drug-likeness (QED) is 0.829. The summed E-state index contributed by atoms with van der Waals surface area (Å²) in [7, 11) is 0. The maximum atomic E-state index is 12.2. The number of hydrogen-bond acceptors (Lipinski definition) is 5. The third-order valence-electron chi connectivity index (χ3n) is 3.30. The van der Waals surface area contributed by atoms with Crippen LogP contribution in [0.15, 0.2) is 0 Å². The van der Waals surface area contributed by atoms with Gasteiger partial charge in [0.25, 0.3) is 5.91 Å². The van der Waals surface area contributed by atoms with E-state index in [1.54, 1.807) is 0 Å². The zero-order valence-electron chi connectivity index (χ0n) is 11.4. The first-order valence-electron chi connectivity index (χ1n) is 6.25. The van der Waals surface area contributed by atoms with Crippen molar-refractivity contribution in [1.82, 2.24) is 14.9 Å². The minimum atomic E-state index is -0.546. The first-order valence-corrected chi connectivity index (χ1v) is 7.02. The van der Waals surface area contributed by atoms with Gasteiger partial charge >= 0.3 is 0 Å². The normalized spacial score (nSPS) is 11.9. The van der Waals surface area contributed by atoms with Gasteiger partial charge < -0.3 is 10.4 Å². The fourth-order valence-electron chi connectivity index (χ4n) is 1.72. The minimum absolute atomic E-state index is 0.0605. The number of nitrogens with zero attached hydrogens (tertiary/aromatic N) is 2. The lowest BCUT2D eigenvalue weighted by Crippen LogP contribution is -2.50. The van der Waals surface area contributed by atoms with Crippen LogP contribution in [-0.4, -0.2) is 32.7 Å². The molecule has 0 atom stereocenters. The van der Waals surface area contributed by atoms with E-state index in [-0.39, 0.29) is 18.4 Å². The Morgan fingerprint density at radius 2 is 2.06 bits per heavy atom. The topological polar surface area (TPSA) is 75.1 Å². The second-order valence-electron chi connectivity index (χ2n) is 4.74. The molecule has 2 N–H and O–H groups in total. The van der Waals surface area contributed by atoms with Gasteiger partial charge in [0.15, 0.2) is 0 Å². The van der Waals surface area contributed by atoms with Crippen molar-refractivity contribution < 1.29 is 9.90 Å². The maximum Gasteiger partial charge on any atom is 0.265 e. The Labute approximate surface area is 112 Å². The second kappa shape index (κ2) is 6.24. The summed E-state index contributed by atoms with van der Waals surface area (Å²) >= 11 is 1.10. The van der Waals surface area contributed by atoms with Gasteiger partial charge in [-0.2, -0.15) is 0 Å². The van der Waals surface area contributed by atoms with E-state index in [4.69, 9.17) is 0 Å². The van der Waals surface area contributed by atoms with Crippen LogP contribution in [0.2, 0.25) is 0 Å². The molecule has 1 amide bonds. The van der Waals surface area contributed by atoms with E-state index in [9.17, 15) is 9.90 Å². The van der Waals surface area contributed by atoms with Crippen LogP contribution in [0.4, 0.5) is 0 Å². The Morgan fingerprint density at radius 3 is 2.50 bits per heavy atom. The van der Waals surface area contributed by atoms with Crippen molar-refractivity contribution >= 4 is 17.4 Å². The molecule has 1 rings (SSSR count). The SMILES string of the molecule is CCC(CC)(CO)NC(=O)c1snnc1C(C)C. The molecule has 0 radical (unpaired) electrons. The fourth-order valence-corrected chi connectivity index (χ4v) is 2.43. The molecule has 0 aliphatic heterocycles. The van der Waals surface area contributed by atoms with Crippen LogP contribution >= 0.6 is 11.5 Å². The highest BCUT2D eigenvalue weighted by atomic mass is 32.1. The monoisotopic (exact) mass is 271 g/mol. The lowest BCUT2D eigenvalue weighted by molar-refractivity contribution is 0.0820. The van der Waals surface area contributed by atoms with Crippen molar-refractivity contribution in [3.63, 3.8) is 0 Å². The molecule has 0 aromatic carbocycles. The highest BCUT2D eigenvalue weighted by molar-refractivity contribution is 7.08. The average Bonchev–Trinajstić information content (AvgIpc) is 2.85. The van der Waals surface area contributed by atoms with Gasteiger partial charge in [0.2, 0.25) is 0 Å². The molecule has 0 spiro atoms. The van der Waals surface area contributed by atoms with Gasteiger partial charge in [-0.1, -0.05) is 32.2 Å². The Hall–Kier alpha value is -1.01. The number of carbonyl (C=O) groups excluding carboxylic acids is 1. The van der Waals surface area contributed by atoms with Crippen LogP contribution in [0.25, 0.3) is 0 Å². The van der Waals surface area contributed by atoms with Crippen molar-refractivity contribution in [2.45, 2.75) is 52.0 Å². The number of hydrogen-bond donors (Lipinski definition) is 2. The summed E-state index contributed by atoms with van der Waals surface area (Å²) in [6.45, 7) is 7.80. The summed E-state index contributed by atoms with van der Waals surface area (Å²) in [5.41, 5.74) is 0.173. The lowest BCUT2D eigenvalue weighted by atomic mass is 9.93. The second-order valence-corrected chi connectivity index (χ2v) is 5.50. The largest absolute Gasteiger partial charge is 0.394 e. The van der Waals surface area contributed by atoms with Crippen LogP contribution in [0.5, 0.6) is 0 Å². The summed E-state index contributed by atoms with van der Waals surface area (Å²) in [5, 5.41) is 16.4. The van der Waals surface area contributed by atoms with Gasteiger partial charge in [0, 0.05) is 0 Å². The molecule has 0 saturated heterocycles. The van der Waals surface area contributed by atoms with Crippen molar-refractivity contribution in [2.75, 3.05) is 6.61 Å². The predicted octanol–water partition coefficient (Wildman–Crippen LogP) is 1.94. The summed E-state index contributed by atoms with van der Waals surface area (Å²) in [5.74, 6) is -0.0253. The van der Waals surface area contributed by atoms with Gasteiger partial charge in [-0.25, -0.2) is 0 Å². The van der Waals surface area contributed by atoms with Crippen molar-refractivity contribution in [3.05, 3.63) is 10.6 Å². The molecule has 0 aliphatic carbocycles. The van der Waals surface area contributed by atoms with E-state index >= 15 is 0 Å². The standard InChI is InChI=1S/C12H21N3O2S/c1-5-12(6-2,7-16)13-11(17)10-9(8(3)4)14-15-18-10/h8,16H,5-7H2,1-4H3,(H,13,17). The summed E-state index contributed by atoms with van der Waals surface area (Å²) in [6, 6.07) is 0. The van der Waals surface area contributed by atoms with E-state index in [0.717, 1.165) is 17.2 Å². The lowest BCUT2D eigenvalue weighted by Gasteiger charge is -2.30. The Bertz CT molecular complexity index is 392. The van der Waals surface area contributed by atoms with Crippen molar-refractivity contribution in [3.8, 4) is 0 Å². The fraction of sp³-hybridized carbons (Fsp3) is 0.750. The minimum Gasteiger partial charge on any atom is -0.394 e. The van der Waals surface area contributed by atoms with Crippen molar-refractivity contribution in [1.29, 1.82) is 0 Å². The smallest absolute Gasteiger partial charge is 0.265 e. The number of carbonyl (C=O) groups is 1. The maximum absolute atomic E-state index is 12.2. The molecule has 6 heteroatoms. The third-order valence-corrected chi connectivity index (χ3v) is 4.04. The van der Waals surface area contributed by atoms with Gasteiger partial charge in [-0.05, 0) is 30.3 Å². The molecule has 0 bridgehead atoms. The number of aliphatic hydroxyl groups is 1. The average molecular weight is 271 g/mol. The van der Waals surface area contributed by atoms with E-state index in [0.29, 0.717) is 17.7 Å². The number of nitrogens with one attached hydrogen (secondary N) is 1. The molecule has 1 aromatic rings. The molecule has 0 saturated carbocycles. The van der Waals surface area contributed by atoms with E-state index in [1.807, 2.05) is 27.7 Å². The highest BCUT2D eigenvalue weighted by Crippen LogP contribution is 2.22. The molecule has 1 heterocycles. The van der Waals surface area contributed by atoms with Crippen LogP contribution in [0.3, 0.4) is 0 Å². The van der Waals surface area contributed by atoms with Crippen LogP contribution in [0, 0.1) is 0 Å². The highest BCUT2D eigenvalue weighted by Gasteiger charge is 2.29. The predicted molar refractivity (Wildman–Crippen MR) is 71.9 cm³/mol. The summed E-state index contributed by atoms with van der Waals surface area (Å²) in [4.78, 5) is 12.8. The van der Waals surface area contributed by atoms with Gasteiger partial charge in [-0.3, -0.25) is 4.79 Å². The van der Waals surface area contributed by atoms with Gasteiger partial charge in [-0.15, -0.1) is 5.10 Å². The zero-order valence-corrected chi connectivity index (χ0v) is 12.2. The third kappa shape index (κ3) is 3.05. The van der Waals surface area contributed by atoms with Crippen molar-refractivity contribution in [2.24, 2.45) is 0 Å². The zero-order chi connectivity index (χ0) is 13.8. The molecule has 0 fully saturated rings. The van der Waals surface area contributed by atoms with E-state index in [2.05, 4.69) is 14.9 Å². The molecular formula is C12H21N3O2S. The molecule has 5 nitrogen and oxygen atoms in total. The first-order chi connectivity index (χ1) is 8.49. The molecule has 0 aliphatic rings. The molecule has 18 heavy (non-hydrogen) atoms. The molecule has 0 unspecified atom stereocenters. The van der Waals surface area contributed by atoms with Crippen LogP contribution in [-0.2, 0) is 0 Å². The molecular weight excluding hydrogens is 250 g/mol. The number of aromatic nitrogens is 2. The Kier molecular flexibility index (Phi) is 5.22. The summed E-state index contributed by atoms with van der Waals surface area (Å²) in [6.07, 6.45) is 1.38. The number of rotatable bonds is 6.